The van der Waals surface area contributed by atoms with Crippen molar-refractivity contribution in [2.24, 2.45) is 0 Å². The van der Waals surface area contributed by atoms with Crippen LogP contribution in [-0.4, -0.2) is 23.1 Å². The molecule has 0 aliphatic heterocycles. The first-order valence-corrected chi connectivity index (χ1v) is 7.94. The summed E-state index contributed by atoms with van der Waals surface area (Å²) in [6.45, 7) is 3.99. The van der Waals surface area contributed by atoms with Gasteiger partial charge in [0.1, 0.15) is 17.2 Å². The number of aromatic hydroxyl groups is 2. The summed E-state index contributed by atoms with van der Waals surface area (Å²) in [5.74, 6) is 0.623. The number of rotatable bonds is 6. The molecule has 126 valence electrons. The van der Waals surface area contributed by atoms with Crippen LogP contribution >= 0.6 is 0 Å². The summed E-state index contributed by atoms with van der Waals surface area (Å²) in [6.07, 6.45) is 4.45. The van der Waals surface area contributed by atoms with Crippen LogP contribution in [0.25, 0.3) is 6.08 Å². The Labute approximate surface area is 142 Å². The molecule has 4 nitrogen and oxygen atoms in total. The highest BCUT2D eigenvalue weighted by Crippen LogP contribution is 2.36. The summed E-state index contributed by atoms with van der Waals surface area (Å²) >= 11 is 0. The van der Waals surface area contributed by atoms with Crippen molar-refractivity contribution in [3.05, 3.63) is 58.7 Å². The summed E-state index contributed by atoms with van der Waals surface area (Å²) in [6, 6.07) is 7.98. The van der Waals surface area contributed by atoms with E-state index in [1.54, 1.807) is 25.3 Å². The Morgan fingerprint density at radius 3 is 2.25 bits per heavy atom. The van der Waals surface area contributed by atoms with Crippen molar-refractivity contribution in [2.75, 3.05) is 7.11 Å². The van der Waals surface area contributed by atoms with Gasteiger partial charge in [0.2, 0.25) is 0 Å². The van der Waals surface area contributed by atoms with E-state index in [4.69, 9.17) is 4.74 Å². The first kappa shape index (κ1) is 17.6. The van der Waals surface area contributed by atoms with Crippen LogP contribution in [0.15, 0.2) is 36.4 Å². The molecule has 0 saturated carbocycles. The fourth-order valence-corrected chi connectivity index (χ4v) is 2.61. The summed E-state index contributed by atoms with van der Waals surface area (Å²) in [7, 11) is 1.55. The molecule has 0 fully saturated rings. The minimum absolute atomic E-state index is 0.109. The normalized spacial score (nSPS) is 11.0. The molecule has 2 N–H and O–H groups in total. The average Bonchev–Trinajstić information content (AvgIpc) is 2.60. The van der Waals surface area contributed by atoms with Crippen LogP contribution in [-0.2, 0) is 12.8 Å². The fourth-order valence-electron chi connectivity index (χ4n) is 2.61. The molecule has 0 spiro atoms. The lowest BCUT2D eigenvalue weighted by Gasteiger charge is -2.15. The van der Waals surface area contributed by atoms with Gasteiger partial charge in [-0.15, -0.1) is 0 Å². The van der Waals surface area contributed by atoms with Crippen LogP contribution < -0.4 is 4.74 Å². The van der Waals surface area contributed by atoms with Crippen LogP contribution in [0.4, 0.5) is 0 Å². The second-order valence-corrected chi connectivity index (χ2v) is 5.44. The molecule has 0 amide bonds. The molecule has 0 aliphatic carbocycles. The highest BCUT2D eigenvalue weighted by molar-refractivity contribution is 6.07. The highest BCUT2D eigenvalue weighted by atomic mass is 16.5. The molecule has 2 aromatic rings. The number of carbonyl (C=O) groups excluding carboxylic acids is 1. The maximum Gasteiger partial charge on any atom is 0.185 e. The molecule has 0 radical (unpaired) electrons. The number of ketones is 1. The zero-order chi connectivity index (χ0) is 17.7. The summed E-state index contributed by atoms with van der Waals surface area (Å²) < 4.78 is 5.45. The molecule has 0 aromatic heterocycles. The molecule has 0 bridgehead atoms. The van der Waals surface area contributed by atoms with Gasteiger partial charge in [0.05, 0.1) is 12.7 Å². The van der Waals surface area contributed by atoms with E-state index in [0.717, 1.165) is 17.5 Å². The van der Waals surface area contributed by atoms with Crippen LogP contribution in [0.5, 0.6) is 17.2 Å². The molecule has 24 heavy (non-hydrogen) atoms. The first-order chi connectivity index (χ1) is 11.5. The molecule has 4 heteroatoms. The van der Waals surface area contributed by atoms with Gasteiger partial charge in [-0.05, 0) is 66.5 Å². The van der Waals surface area contributed by atoms with Crippen molar-refractivity contribution in [1.82, 2.24) is 0 Å². The monoisotopic (exact) mass is 326 g/mol. The third kappa shape index (κ3) is 3.59. The summed E-state index contributed by atoms with van der Waals surface area (Å²) in [5, 5.41) is 19.8. The SMILES string of the molecule is CCc1cc(CC)c(OC)c(C=CC(=O)c2ccc(O)cc2)c1O. The van der Waals surface area contributed by atoms with E-state index in [-0.39, 0.29) is 17.3 Å². The molecule has 0 atom stereocenters. The quantitative estimate of drug-likeness (QED) is 0.619. The largest absolute Gasteiger partial charge is 0.508 e. The van der Waals surface area contributed by atoms with Crippen LogP contribution in [0.3, 0.4) is 0 Å². The zero-order valence-corrected chi connectivity index (χ0v) is 14.2. The third-order valence-electron chi connectivity index (χ3n) is 3.96. The van der Waals surface area contributed by atoms with Crippen molar-refractivity contribution in [3.8, 4) is 17.2 Å². The number of aryl methyl sites for hydroxylation is 2. The van der Waals surface area contributed by atoms with Crippen LogP contribution in [0.1, 0.15) is 40.9 Å². The number of allylic oxidation sites excluding steroid dienone is 1. The van der Waals surface area contributed by atoms with E-state index in [1.807, 2.05) is 19.9 Å². The molecule has 0 saturated heterocycles. The van der Waals surface area contributed by atoms with Gasteiger partial charge in [0.15, 0.2) is 5.78 Å². The van der Waals surface area contributed by atoms with E-state index in [9.17, 15) is 15.0 Å². The molecular weight excluding hydrogens is 304 g/mol. The number of ether oxygens (including phenoxy) is 1. The second kappa shape index (κ2) is 7.68. The van der Waals surface area contributed by atoms with Crippen LogP contribution in [0.2, 0.25) is 0 Å². The van der Waals surface area contributed by atoms with E-state index in [1.165, 1.54) is 18.2 Å². The Bertz CT molecular complexity index is 758. The maximum absolute atomic E-state index is 12.3. The van der Waals surface area contributed by atoms with Crippen molar-refractivity contribution in [3.63, 3.8) is 0 Å². The smallest absolute Gasteiger partial charge is 0.185 e. The van der Waals surface area contributed by atoms with Gasteiger partial charge < -0.3 is 14.9 Å². The van der Waals surface area contributed by atoms with Gasteiger partial charge in [-0.2, -0.15) is 0 Å². The highest BCUT2D eigenvalue weighted by Gasteiger charge is 2.15. The van der Waals surface area contributed by atoms with E-state index in [0.29, 0.717) is 23.3 Å². The summed E-state index contributed by atoms with van der Waals surface area (Å²) in [5.41, 5.74) is 2.79. The molecule has 0 aliphatic rings. The minimum atomic E-state index is -0.212. The number of benzene rings is 2. The topological polar surface area (TPSA) is 66.8 Å². The van der Waals surface area contributed by atoms with Gasteiger partial charge in [-0.3, -0.25) is 4.79 Å². The molecule has 2 rings (SSSR count). The van der Waals surface area contributed by atoms with E-state index in [2.05, 4.69) is 0 Å². The predicted molar refractivity (Wildman–Crippen MR) is 94.9 cm³/mol. The Morgan fingerprint density at radius 1 is 1.08 bits per heavy atom. The Kier molecular flexibility index (Phi) is 5.64. The van der Waals surface area contributed by atoms with E-state index >= 15 is 0 Å². The first-order valence-electron chi connectivity index (χ1n) is 7.94. The second-order valence-electron chi connectivity index (χ2n) is 5.44. The Morgan fingerprint density at radius 2 is 1.71 bits per heavy atom. The molecular formula is C20H22O4. The number of methoxy groups -OCH3 is 1. The minimum Gasteiger partial charge on any atom is -0.508 e. The number of hydrogen-bond donors (Lipinski definition) is 2. The van der Waals surface area contributed by atoms with Crippen molar-refractivity contribution in [2.45, 2.75) is 26.7 Å². The lowest BCUT2D eigenvalue weighted by molar-refractivity contribution is 0.104. The van der Waals surface area contributed by atoms with Crippen molar-refractivity contribution >= 4 is 11.9 Å². The zero-order valence-electron chi connectivity index (χ0n) is 14.2. The standard InChI is InChI=1S/C20H22O4/c1-4-13-12-14(5-2)20(24-3)17(19(13)23)10-11-18(22)15-6-8-16(21)9-7-15/h6-12,21,23H,4-5H2,1-3H3. The van der Waals surface area contributed by atoms with Gasteiger partial charge in [0, 0.05) is 5.56 Å². The van der Waals surface area contributed by atoms with Gasteiger partial charge in [-0.1, -0.05) is 13.8 Å². The lowest BCUT2D eigenvalue weighted by Crippen LogP contribution is -1.99. The number of carbonyl (C=O) groups is 1. The average molecular weight is 326 g/mol. The van der Waals surface area contributed by atoms with Gasteiger partial charge >= 0.3 is 0 Å². The van der Waals surface area contributed by atoms with Crippen molar-refractivity contribution < 1.29 is 19.7 Å². The summed E-state index contributed by atoms with van der Waals surface area (Å²) in [4.78, 5) is 12.3. The molecule has 0 heterocycles. The maximum atomic E-state index is 12.3. The fraction of sp³-hybridized carbons (Fsp3) is 0.250. The number of phenolic OH excluding ortho intramolecular Hbond substituents is 2. The van der Waals surface area contributed by atoms with Gasteiger partial charge in [-0.25, -0.2) is 0 Å². The molecule has 2 aromatic carbocycles. The Hall–Kier alpha value is -2.75. The third-order valence-corrected chi connectivity index (χ3v) is 3.96. The lowest BCUT2D eigenvalue weighted by atomic mass is 9.98. The van der Waals surface area contributed by atoms with Gasteiger partial charge in [0.25, 0.3) is 0 Å². The predicted octanol–water partition coefficient (Wildman–Crippen LogP) is 4.13. The van der Waals surface area contributed by atoms with Crippen molar-refractivity contribution in [1.29, 1.82) is 0 Å². The Balaban J connectivity index is 2.43. The number of hydrogen-bond acceptors (Lipinski definition) is 4. The number of phenols is 2. The van der Waals surface area contributed by atoms with Crippen LogP contribution in [0, 0.1) is 0 Å². The van der Waals surface area contributed by atoms with E-state index < -0.39 is 0 Å². The molecule has 0 unspecified atom stereocenters.